The van der Waals surface area contributed by atoms with E-state index in [0.717, 1.165) is 32.1 Å². The zero-order valence-corrected chi connectivity index (χ0v) is 9.89. The van der Waals surface area contributed by atoms with E-state index in [-0.39, 0.29) is 5.69 Å². The number of hydrogen-bond acceptors (Lipinski definition) is 4. The molecule has 1 heterocycles. The number of nitro benzene ring substituents is 1. The number of nitrogens with one attached hydrogen (secondary N) is 1. The van der Waals surface area contributed by atoms with Gasteiger partial charge in [0.15, 0.2) is 0 Å². The van der Waals surface area contributed by atoms with Gasteiger partial charge in [-0.25, -0.2) is 4.39 Å². The first-order chi connectivity index (χ1) is 8.65. The van der Waals surface area contributed by atoms with Gasteiger partial charge in [0.05, 0.1) is 11.0 Å². The summed E-state index contributed by atoms with van der Waals surface area (Å²) in [6, 6.07) is 3.52. The van der Waals surface area contributed by atoms with Crippen molar-refractivity contribution in [2.45, 2.75) is 12.8 Å². The first-order valence-electron chi connectivity index (χ1n) is 5.92. The number of halogens is 1. The molecule has 1 aliphatic heterocycles. The molecule has 0 saturated carbocycles. The molecule has 0 aliphatic carbocycles. The summed E-state index contributed by atoms with van der Waals surface area (Å²) in [5.74, 6) is -0.0723. The van der Waals surface area contributed by atoms with Crippen LogP contribution in [0.3, 0.4) is 0 Å². The maximum absolute atomic E-state index is 13.2. The molecule has 2 rings (SSSR count). The van der Waals surface area contributed by atoms with Crippen LogP contribution in [-0.4, -0.2) is 24.7 Å². The Balaban J connectivity index is 1.89. The summed E-state index contributed by atoms with van der Waals surface area (Å²) in [5, 5.41) is 13.6. The van der Waals surface area contributed by atoms with Gasteiger partial charge in [-0.05, 0) is 24.8 Å². The Labute approximate surface area is 104 Å². The van der Waals surface area contributed by atoms with Crippen LogP contribution in [0, 0.1) is 21.8 Å². The monoisotopic (exact) mass is 254 g/mol. The fourth-order valence-corrected chi connectivity index (χ4v) is 2.01. The molecular weight excluding hydrogens is 239 g/mol. The molecule has 5 nitrogen and oxygen atoms in total. The lowest BCUT2D eigenvalue weighted by Crippen LogP contribution is -2.09. The zero-order chi connectivity index (χ0) is 13.0. The molecule has 1 saturated heterocycles. The molecule has 18 heavy (non-hydrogen) atoms. The highest BCUT2D eigenvalue weighted by Crippen LogP contribution is 2.21. The maximum Gasteiger partial charge on any atom is 0.274 e. The molecule has 1 fully saturated rings. The number of ether oxygens (including phenoxy) is 1. The van der Waals surface area contributed by atoms with Crippen molar-refractivity contribution in [3.05, 3.63) is 34.1 Å². The first kappa shape index (κ1) is 12.8. The Hall–Kier alpha value is -1.69. The van der Waals surface area contributed by atoms with Gasteiger partial charge in [-0.15, -0.1) is 0 Å². The number of nitro groups is 1. The van der Waals surface area contributed by atoms with Crippen LogP contribution >= 0.6 is 0 Å². The van der Waals surface area contributed by atoms with E-state index < -0.39 is 10.7 Å². The summed E-state index contributed by atoms with van der Waals surface area (Å²) in [6.07, 6.45) is 1.97. The van der Waals surface area contributed by atoms with Crippen LogP contribution < -0.4 is 5.32 Å². The van der Waals surface area contributed by atoms with Crippen LogP contribution in [-0.2, 0) is 4.74 Å². The van der Waals surface area contributed by atoms with Crippen LogP contribution in [0.25, 0.3) is 0 Å². The van der Waals surface area contributed by atoms with Gasteiger partial charge in [-0.2, -0.15) is 0 Å². The smallest absolute Gasteiger partial charge is 0.274 e. The molecule has 0 radical (unpaired) electrons. The summed E-state index contributed by atoms with van der Waals surface area (Å²) in [4.78, 5) is 9.98. The second kappa shape index (κ2) is 5.77. The van der Waals surface area contributed by atoms with E-state index in [2.05, 4.69) is 5.32 Å². The van der Waals surface area contributed by atoms with Crippen LogP contribution in [0.4, 0.5) is 15.8 Å². The lowest BCUT2D eigenvalue weighted by molar-refractivity contribution is -0.385. The highest BCUT2D eigenvalue weighted by molar-refractivity contribution is 5.51. The average Bonchev–Trinajstić information content (AvgIpc) is 2.81. The number of non-ortho nitro benzene ring substituents is 1. The van der Waals surface area contributed by atoms with Gasteiger partial charge < -0.3 is 10.1 Å². The van der Waals surface area contributed by atoms with E-state index in [9.17, 15) is 14.5 Å². The molecule has 1 unspecified atom stereocenters. The van der Waals surface area contributed by atoms with Crippen LogP contribution in [0.15, 0.2) is 18.2 Å². The topological polar surface area (TPSA) is 64.4 Å². The third-order valence-corrected chi connectivity index (χ3v) is 3.00. The van der Waals surface area contributed by atoms with Crippen molar-refractivity contribution >= 4 is 11.4 Å². The number of nitrogens with zero attached hydrogens (tertiary/aromatic N) is 1. The number of hydrogen-bond donors (Lipinski definition) is 1. The lowest BCUT2D eigenvalue weighted by atomic mass is 10.1. The van der Waals surface area contributed by atoms with Crippen molar-refractivity contribution in [1.29, 1.82) is 0 Å². The summed E-state index contributed by atoms with van der Waals surface area (Å²) in [6.45, 7) is 2.23. The molecule has 1 aromatic rings. The van der Waals surface area contributed by atoms with E-state index in [1.807, 2.05) is 0 Å². The lowest BCUT2D eigenvalue weighted by Gasteiger charge is -2.09. The van der Waals surface area contributed by atoms with Gasteiger partial charge in [0.25, 0.3) is 5.69 Å². The van der Waals surface area contributed by atoms with Crippen molar-refractivity contribution in [1.82, 2.24) is 0 Å². The summed E-state index contributed by atoms with van der Waals surface area (Å²) in [5.41, 5.74) is 0.210. The quantitative estimate of drug-likeness (QED) is 0.648. The fourth-order valence-electron chi connectivity index (χ4n) is 2.01. The van der Waals surface area contributed by atoms with Crippen molar-refractivity contribution in [3.63, 3.8) is 0 Å². The van der Waals surface area contributed by atoms with E-state index in [4.69, 9.17) is 4.74 Å². The van der Waals surface area contributed by atoms with Crippen molar-refractivity contribution < 1.29 is 14.1 Å². The van der Waals surface area contributed by atoms with Crippen molar-refractivity contribution in [2.24, 2.45) is 5.92 Å². The van der Waals surface area contributed by atoms with Crippen molar-refractivity contribution in [3.8, 4) is 0 Å². The normalized spacial score (nSPS) is 18.8. The highest BCUT2D eigenvalue weighted by Gasteiger charge is 2.15. The summed E-state index contributed by atoms with van der Waals surface area (Å²) < 4.78 is 18.4. The SMILES string of the molecule is O=[N+]([O-])c1cc(F)cc(NCCC2CCOC2)c1. The van der Waals surface area contributed by atoms with Gasteiger partial charge in [0, 0.05) is 31.5 Å². The summed E-state index contributed by atoms with van der Waals surface area (Å²) in [7, 11) is 0. The third-order valence-electron chi connectivity index (χ3n) is 3.00. The second-order valence-corrected chi connectivity index (χ2v) is 4.40. The Morgan fingerprint density at radius 1 is 1.50 bits per heavy atom. The third kappa shape index (κ3) is 3.40. The van der Waals surface area contributed by atoms with E-state index in [1.165, 1.54) is 12.1 Å². The predicted octanol–water partition coefficient (Wildman–Crippen LogP) is 2.57. The molecule has 1 aliphatic rings. The van der Waals surface area contributed by atoms with Gasteiger partial charge in [0.1, 0.15) is 5.82 Å². The standard InChI is InChI=1S/C12H15FN2O3/c13-10-5-11(7-12(6-10)15(16)17)14-3-1-9-2-4-18-8-9/h5-7,9,14H,1-4,8H2. The number of benzene rings is 1. The Bertz CT molecular complexity index is 433. The Morgan fingerprint density at radius 3 is 3.00 bits per heavy atom. The molecule has 0 spiro atoms. The molecule has 1 aromatic carbocycles. The minimum atomic E-state index is -0.601. The van der Waals surface area contributed by atoms with Crippen LogP contribution in [0.1, 0.15) is 12.8 Å². The number of anilines is 1. The molecule has 1 N–H and O–H groups in total. The van der Waals surface area contributed by atoms with E-state index in [0.29, 0.717) is 18.2 Å². The predicted molar refractivity (Wildman–Crippen MR) is 65.1 cm³/mol. The average molecular weight is 254 g/mol. The van der Waals surface area contributed by atoms with Crippen LogP contribution in [0.2, 0.25) is 0 Å². The maximum atomic E-state index is 13.2. The minimum Gasteiger partial charge on any atom is -0.385 e. The molecule has 1 atom stereocenters. The molecular formula is C12H15FN2O3. The Kier molecular flexibility index (Phi) is 4.09. The molecule has 0 aromatic heterocycles. The van der Waals surface area contributed by atoms with E-state index >= 15 is 0 Å². The van der Waals surface area contributed by atoms with Gasteiger partial charge in [0.2, 0.25) is 0 Å². The van der Waals surface area contributed by atoms with Gasteiger partial charge in [-0.3, -0.25) is 10.1 Å². The molecule has 6 heteroatoms. The largest absolute Gasteiger partial charge is 0.385 e. The van der Waals surface area contributed by atoms with Gasteiger partial charge >= 0.3 is 0 Å². The zero-order valence-electron chi connectivity index (χ0n) is 9.89. The molecule has 0 bridgehead atoms. The van der Waals surface area contributed by atoms with Crippen molar-refractivity contribution in [2.75, 3.05) is 25.1 Å². The molecule has 98 valence electrons. The Morgan fingerprint density at radius 2 is 2.33 bits per heavy atom. The second-order valence-electron chi connectivity index (χ2n) is 4.40. The highest BCUT2D eigenvalue weighted by atomic mass is 19.1. The first-order valence-corrected chi connectivity index (χ1v) is 5.92. The number of rotatable bonds is 5. The fraction of sp³-hybridized carbons (Fsp3) is 0.500. The van der Waals surface area contributed by atoms with E-state index in [1.54, 1.807) is 0 Å². The molecule has 0 amide bonds. The van der Waals surface area contributed by atoms with Gasteiger partial charge in [-0.1, -0.05) is 0 Å². The minimum absolute atomic E-state index is 0.235. The summed E-state index contributed by atoms with van der Waals surface area (Å²) >= 11 is 0. The van der Waals surface area contributed by atoms with Crippen LogP contribution in [0.5, 0.6) is 0 Å².